The first-order valence-electron chi connectivity index (χ1n) is 10.2. The minimum Gasteiger partial charge on any atom is -0.493 e. The van der Waals surface area contributed by atoms with Crippen molar-refractivity contribution in [2.75, 3.05) is 31.6 Å². The molecule has 0 atom stereocenters. The molecular formula is C22H28N2O5S. The third-order valence-corrected chi connectivity index (χ3v) is 6.33. The van der Waals surface area contributed by atoms with Gasteiger partial charge in [0.15, 0.2) is 11.5 Å². The number of rotatable bonds is 10. The minimum absolute atomic E-state index is 0.0141. The second-order valence-electron chi connectivity index (χ2n) is 7.16. The standard InChI is InChI=1S/C22H28N2O5S/c1-3-4-5-8-15-23-16-17-24(22(23)25)18-11-13-19(14-12-18)30(26,27)29-21-10-7-6-9-20(21)28-2/h6-7,9-14H,3-5,8,15-17H2,1-2H3. The van der Waals surface area contributed by atoms with Gasteiger partial charge >= 0.3 is 16.1 Å². The molecular weight excluding hydrogens is 404 g/mol. The fraction of sp³-hybridized carbons (Fsp3) is 0.409. The molecule has 7 nitrogen and oxygen atoms in total. The van der Waals surface area contributed by atoms with Gasteiger partial charge in [-0.15, -0.1) is 0 Å². The minimum atomic E-state index is -4.02. The van der Waals surface area contributed by atoms with E-state index in [9.17, 15) is 13.2 Å². The van der Waals surface area contributed by atoms with Gasteiger partial charge in [0.1, 0.15) is 4.90 Å². The van der Waals surface area contributed by atoms with E-state index in [2.05, 4.69) is 6.92 Å². The number of carbonyl (C=O) groups excluding carboxylic acids is 1. The van der Waals surface area contributed by atoms with Crippen molar-refractivity contribution in [2.45, 2.75) is 37.5 Å². The van der Waals surface area contributed by atoms with Gasteiger partial charge < -0.3 is 13.8 Å². The Morgan fingerprint density at radius 3 is 2.30 bits per heavy atom. The second kappa shape index (κ2) is 9.84. The molecule has 2 amide bonds. The number of para-hydroxylation sites is 2. The van der Waals surface area contributed by atoms with Crippen LogP contribution in [-0.4, -0.2) is 46.1 Å². The van der Waals surface area contributed by atoms with Crippen LogP contribution in [0.2, 0.25) is 0 Å². The summed E-state index contributed by atoms with van der Waals surface area (Å²) >= 11 is 0. The zero-order valence-electron chi connectivity index (χ0n) is 17.4. The topological polar surface area (TPSA) is 76.2 Å². The van der Waals surface area contributed by atoms with E-state index < -0.39 is 10.1 Å². The SMILES string of the molecule is CCCCCCN1CCN(c2ccc(S(=O)(=O)Oc3ccccc3OC)cc2)C1=O. The number of carbonyl (C=O) groups is 1. The Morgan fingerprint density at radius 1 is 0.933 bits per heavy atom. The highest BCUT2D eigenvalue weighted by atomic mass is 32.2. The van der Waals surface area contributed by atoms with Crippen molar-refractivity contribution < 1.29 is 22.1 Å². The first-order valence-corrected chi connectivity index (χ1v) is 11.6. The highest BCUT2D eigenvalue weighted by Gasteiger charge is 2.29. The Hall–Kier alpha value is -2.74. The summed E-state index contributed by atoms with van der Waals surface area (Å²) in [6, 6.07) is 12.7. The molecule has 0 aliphatic carbocycles. The van der Waals surface area contributed by atoms with Crippen LogP contribution in [0.5, 0.6) is 11.5 Å². The summed E-state index contributed by atoms with van der Waals surface area (Å²) in [5, 5.41) is 0. The predicted octanol–water partition coefficient (Wildman–Crippen LogP) is 4.29. The Morgan fingerprint density at radius 2 is 1.63 bits per heavy atom. The summed E-state index contributed by atoms with van der Waals surface area (Å²) in [6.07, 6.45) is 4.47. The van der Waals surface area contributed by atoms with Crippen LogP contribution in [0.15, 0.2) is 53.4 Å². The highest BCUT2D eigenvalue weighted by molar-refractivity contribution is 7.87. The molecule has 0 spiro atoms. The maximum absolute atomic E-state index is 12.7. The molecule has 2 aromatic carbocycles. The van der Waals surface area contributed by atoms with Crippen LogP contribution >= 0.6 is 0 Å². The molecule has 1 saturated heterocycles. The number of urea groups is 1. The molecule has 1 heterocycles. The van der Waals surface area contributed by atoms with Gasteiger partial charge in [-0.1, -0.05) is 38.3 Å². The lowest BCUT2D eigenvalue weighted by Gasteiger charge is -2.19. The van der Waals surface area contributed by atoms with E-state index >= 15 is 0 Å². The van der Waals surface area contributed by atoms with E-state index in [1.807, 2.05) is 4.90 Å². The average Bonchev–Trinajstić information content (AvgIpc) is 3.12. The first kappa shape index (κ1) is 22.0. The van der Waals surface area contributed by atoms with Crippen molar-refractivity contribution >= 4 is 21.8 Å². The zero-order chi connectivity index (χ0) is 21.6. The van der Waals surface area contributed by atoms with Crippen LogP contribution in [0.1, 0.15) is 32.6 Å². The Balaban J connectivity index is 1.66. The van der Waals surface area contributed by atoms with Gasteiger partial charge in [0, 0.05) is 25.3 Å². The molecule has 162 valence electrons. The quantitative estimate of drug-likeness (QED) is 0.414. The summed E-state index contributed by atoms with van der Waals surface area (Å²) < 4.78 is 35.6. The van der Waals surface area contributed by atoms with E-state index in [0.29, 0.717) is 24.5 Å². The molecule has 30 heavy (non-hydrogen) atoms. The number of benzene rings is 2. The van der Waals surface area contributed by atoms with E-state index in [1.54, 1.807) is 35.2 Å². The number of ether oxygens (including phenoxy) is 1. The fourth-order valence-electron chi connectivity index (χ4n) is 3.41. The van der Waals surface area contributed by atoms with E-state index in [4.69, 9.17) is 8.92 Å². The summed E-state index contributed by atoms with van der Waals surface area (Å²) in [7, 11) is -2.57. The molecule has 2 aromatic rings. The molecule has 0 aromatic heterocycles. The van der Waals surface area contributed by atoms with Crippen molar-refractivity contribution in [3.8, 4) is 11.5 Å². The molecule has 0 bridgehead atoms. The van der Waals surface area contributed by atoms with Gasteiger partial charge in [-0.3, -0.25) is 4.90 Å². The third kappa shape index (κ3) is 5.05. The highest BCUT2D eigenvalue weighted by Crippen LogP contribution is 2.30. The normalized spacial score (nSPS) is 14.3. The van der Waals surface area contributed by atoms with E-state index in [-0.39, 0.29) is 16.7 Å². The summed E-state index contributed by atoms with van der Waals surface area (Å²) in [4.78, 5) is 16.2. The lowest BCUT2D eigenvalue weighted by molar-refractivity contribution is 0.219. The molecule has 1 fully saturated rings. The van der Waals surface area contributed by atoms with Crippen molar-refractivity contribution in [3.05, 3.63) is 48.5 Å². The molecule has 8 heteroatoms. The number of amides is 2. The average molecular weight is 433 g/mol. The van der Waals surface area contributed by atoms with Crippen LogP contribution in [0, 0.1) is 0 Å². The number of anilines is 1. The van der Waals surface area contributed by atoms with Gasteiger partial charge in [0.05, 0.1) is 7.11 Å². The van der Waals surface area contributed by atoms with Gasteiger partial charge in [-0.25, -0.2) is 4.79 Å². The van der Waals surface area contributed by atoms with Crippen molar-refractivity contribution in [3.63, 3.8) is 0 Å². The molecule has 0 unspecified atom stereocenters. The lowest BCUT2D eigenvalue weighted by atomic mass is 10.2. The van der Waals surface area contributed by atoms with Gasteiger partial charge in [-0.2, -0.15) is 8.42 Å². The zero-order valence-corrected chi connectivity index (χ0v) is 18.2. The smallest absolute Gasteiger partial charge is 0.339 e. The molecule has 3 rings (SSSR count). The molecule has 1 aliphatic rings. The summed E-state index contributed by atoms with van der Waals surface area (Å²) in [5.41, 5.74) is 0.673. The Labute approximate surface area is 178 Å². The second-order valence-corrected chi connectivity index (χ2v) is 8.71. The first-order chi connectivity index (χ1) is 14.5. The predicted molar refractivity (Wildman–Crippen MR) is 116 cm³/mol. The van der Waals surface area contributed by atoms with Gasteiger partial charge in [0.25, 0.3) is 0 Å². The number of nitrogens with zero attached hydrogens (tertiary/aromatic N) is 2. The van der Waals surface area contributed by atoms with Gasteiger partial charge in [-0.05, 0) is 42.8 Å². The lowest BCUT2D eigenvalue weighted by Crippen LogP contribution is -2.32. The van der Waals surface area contributed by atoms with Crippen molar-refractivity contribution in [1.29, 1.82) is 0 Å². The van der Waals surface area contributed by atoms with Crippen LogP contribution in [0.3, 0.4) is 0 Å². The largest absolute Gasteiger partial charge is 0.493 e. The summed E-state index contributed by atoms with van der Waals surface area (Å²) in [6.45, 7) is 4.20. The third-order valence-electron chi connectivity index (χ3n) is 5.08. The number of hydrogen-bond donors (Lipinski definition) is 0. The molecule has 0 saturated carbocycles. The number of unbranched alkanes of at least 4 members (excludes halogenated alkanes) is 3. The van der Waals surface area contributed by atoms with Crippen LogP contribution < -0.4 is 13.8 Å². The van der Waals surface area contributed by atoms with E-state index in [1.165, 1.54) is 31.7 Å². The fourth-order valence-corrected chi connectivity index (χ4v) is 4.35. The van der Waals surface area contributed by atoms with Crippen LogP contribution in [0.4, 0.5) is 10.5 Å². The number of methoxy groups -OCH3 is 1. The maximum atomic E-state index is 12.7. The molecule has 0 N–H and O–H groups in total. The van der Waals surface area contributed by atoms with Crippen molar-refractivity contribution in [2.24, 2.45) is 0 Å². The monoisotopic (exact) mass is 432 g/mol. The Bertz CT molecular complexity index is 960. The van der Waals surface area contributed by atoms with Gasteiger partial charge in [0.2, 0.25) is 0 Å². The van der Waals surface area contributed by atoms with Crippen molar-refractivity contribution in [1.82, 2.24) is 4.90 Å². The molecule has 0 radical (unpaired) electrons. The summed E-state index contributed by atoms with van der Waals surface area (Å²) in [5.74, 6) is 0.455. The Kier molecular flexibility index (Phi) is 7.20. The van der Waals surface area contributed by atoms with Crippen LogP contribution in [0.25, 0.3) is 0 Å². The molecule has 1 aliphatic heterocycles. The number of hydrogen-bond acceptors (Lipinski definition) is 5. The van der Waals surface area contributed by atoms with E-state index in [0.717, 1.165) is 25.8 Å². The van der Waals surface area contributed by atoms with Crippen LogP contribution in [-0.2, 0) is 10.1 Å². The maximum Gasteiger partial charge on any atom is 0.339 e.